The van der Waals surface area contributed by atoms with Crippen LogP contribution in [0.2, 0.25) is 0 Å². The minimum Gasteiger partial charge on any atom is -0.462 e. The number of carbonyl (C=O) groups excluding carboxylic acids is 1. The molecule has 1 aliphatic rings. The molecule has 0 radical (unpaired) electrons. The van der Waals surface area contributed by atoms with Crippen LogP contribution in [0.3, 0.4) is 0 Å². The van der Waals surface area contributed by atoms with Crippen molar-refractivity contribution in [3.63, 3.8) is 0 Å². The Balaban J connectivity index is 2.39. The minimum atomic E-state index is -0.303. The number of esters is 1. The van der Waals surface area contributed by atoms with Crippen molar-refractivity contribution >= 4 is 5.97 Å². The lowest BCUT2D eigenvalue weighted by atomic mass is 9.90. The van der Waals surface area contributed by atoms with Crippen LogP contribution in [0.5, 0.6) is 0 Å². The number of hydrogen-bond acceptors (Lipinski definition) is 2. The highest BCUT2D eigenvalue weighted by Crippen LogP contribution is 2.27. The van der Waals surface area contributed by atoms with Gasteiger partial charge in [-0.15, -0.1) is 0 Å². The standard InChI is InChI=1S/C11H20O2/c1-4-11(2,3)10(12)13-9-7-5-6-8-9/h9H,4-8H2,1-3H3. The smallest absolute Gasteiger partial charge is 0.311 e. The Hall–Kier alpha value is -0.530. The van der Waals surface area contributed by atoms with E-state index in [-0.39, 0.29) is 17.5 Å². The van der Waals surface area contributed by atoms with Gasteiger partial charge in [-0.3, -0.25) is 4.79 Å². The zero-order valence-electron chi connectivity index (χ0n) is 8.93. The largest absolute Gasteiger partial charge is 0.462 e. The third kappa shape index (κ3) is 2.71. The van der Waals surface area contributed by atoms with Crippen LogP contribution in [0.25, 0.3) is 0 Å². The average molecular weight is 184 g/mol. The SMILES string of the molecule is CCC(C)(C)C(=O)OC1CCCC1. The van der Waals surface area contributed by atoms with Gasteiger partial charge in [0.25, 0.3) is 0 Å². The molecule has 0 N–H and O–H groups in total. The molecule has 0 atom stereocenters. The Bertz CT molecular complexity index is 179. The zero-order chi connectivity index (χ0) is 9.90. The molecule has 0 heterocycles. The number of carbonyl (C=O) groups is 1. The van der Waals surface area contributed by atoms with Crippen LogP contribution in [-0.4, -0.2) is 12.1 Å². The van der Waals surface area contributed by atoms with Crippen LogP contribution in [0.1, 0.15) is 52.9 Å². The van der Waals surface area contributed by atoms with Crippen molar-refractivity contribution in [1.82, 2.24) is 0 Å². The van der Waals surface area contributed by atoms with E-state index in [1.165, 1.54) is 12.8 Å². The van der Waals surface area contributed by atoms with E-state index in [2.05, 4.69) is 0 Å². The number of ether oxygens (including phenoxy) is 1. The predicted molar refractivity (Wildman–Crippen MR) is 52.4 cm³/mol. The van der Waals surface area contributed by atoms with Crippen LogP contribution < -0.4 is 0 Å². The fourth-order valence-corrected chi connectivity index (χ4v) is 1.46. The number of rotatable bonds is 3. The molecular weight excluding hydrogens is 164 g/mol. The van der Waals surface area contributed by atoms with Crippen molar-refractivity contribution in [2.75, 3.05) is 0 Å². The van der Waals surface area contributed by atoms with Crippen molar-refractivity contribution < 1.29 is 9.53 Å². The lowest BCUT2D eigenvalue weighted by Crippen LogP contribution is -2.29. The fraction of sp³-hybridized carbons (Fsp3) is 0.909. The molecule has 0 aromatic rings. The van der Waals surface area contributed by atoms with Gasteiger partial charge < -0.3 is 4.74 Å². The Morgan fingerprint density at radius 3 is 2.38 bits per heavy atom. The van der Waals surface area contributed by atoms with E-state index in [0.29, 0.717) is 0 Å². The second-order valence-corrected chi connectivity index (χ2v) is 4.55. The second kappa shape index (κ2) is 4.12. The molecule has 0 spiro atoms. The van der Waals surface area contributed by atoms with E-state index in [4.69, 9.17) is 4.74 Å². The molecule has 0 bridgehead atoms. The van der Waals surface area contributed by atoms with E-state index >= 15 is 0 Å². The van der Waals surface area contributed by atoms with Crippen molar-refractivity contribution in [3.05, 3.63) is 0 Å². The summed E-state index contributed by atoms with van der Waals surface area (Å²) < 4.78 is 5.43. The first kappa shape index (κ1) is 10.6. The summed E-state index contributed by atoms with van der Waals surface area (Å²) in [5.74, 6) is -0.0260. The van der Waals surface area contributed by atoms with Crippen LogP contribution in [0.15, 0.2) is 0 Å². The maximum absolute atomic E-state index is 11.6. The average Bonchev–Trinajstić information content (AvgIpc) is 2.57. The molecule has 0 amide bonds. The van der Waals surface area contributed by atoms with Crippen molar-refractivity contribution in [2.24, 2.45) is 5.41 Å². The molecular formula is C11H20O2. The Kier molecular flexibility index (Phi) is 3.34. The second-order valence-electron chi connectivity index (χ2n) is 4.55. The lowest BCUT2D eigenvalue weighted by molar-refractivity contribution is -0.159. The first-order valence-electron chi connectivity index (χ1n) is 5.27. The molecule has 2 nitrogen and oxygen atoms in total. The quantitative estimate of drug-likeness (QED) is 0.630. The normalized spacial score (nSPS) is 19.0. The van der Waals surface area contributed by atoms with Crippen molar-refractivity contribution in [1.29, 1.82) is 0 Å². The summed E-state index contributed by atoms with van der Waals surface area (Å²) >= 11 is 0. The van der Waals surface area contributed by atoms with E-state index < -0.39 is 0 Å². The van der Waals surface area contributed by atoms with Crippen LogP contribution in [0.4, 0.5) is 0 Å². The summed E-state index contributed by atoms with van der Waals surface area (Å²) in [5, 5.41) is 0. The van der Waals surface area contributed by atoms with Crippen molar-refractivity contribution in [3.8, 4) is 0 Å². The van der Waals surface area contributed by atoms with Crippen molar-refractivity contribution in [2.45, 2.75) is 59.0 Å². The Morgan fingerprint density at radius 1 is 1.38 bits per heavy atom. The summed E-state index contributed by atoms with van der Waals surface area (Å²) in [7, 11) is 0. The van der Waals surface area contributed by atoms with Crippen LogP contribution in [0, 0.1) is 5.41 Å². The lowest BCUT2D eigenvalue weighted by Gasteiger charge is -2.23. The third-order valence-electron chi connectivity index (χ3n) is 3.01. The molecule has 1 saturated carbocycles. The van der Waals surface area contributed by atoms with Gasteiger partial charge in [0.2, 0.25) is 0 Å². The number of hydrogen-bond donors (Lipinski definition) is 0. The van der Waals surface area contributed by atoms with E-state index in [0.717, 1.165) is 19.3 Å². The molecule has 2 heteroatoms. The summed E-state index contributed by atoms with van der Waals surface area (Å²) in [6.45, 7) is 5.92. The molecule has 0 aliphatic heterocycles. The summed E-state index contributed by atoms with van der Waals surface area (Å²) in [4.78, 5) is 11.6. The molecule has 0 aromatic carbocycles. The highest BCUT2D eigenvalue weighted by atomic mass is 16.5. The van der Waals surface area contributed by atoms with Gasteiger partial charge in [0.1, 0.15) is 6.10 Å². The molecule has 0 unspecified atom stereocenters. The van der Waals surface area contributed by atoms with Gasteiger partial charge in [0, 0.05) is 0 Å². The summed E-state index contributed by atoms with van der Waals surface area (Å²) in [6.07, 6.45) is 5.60. The topological polar surface area (TPSA) is 26.3 Å². The van der Waals surface area contributed by atoms with Crippen LogP contribution in [-0.2, 0) is 9.53 Å². The third-order valence-corrected chi connectivity index (χ3v) is 3.01. The summed E-state index contributed by atoms with van der Waals surface area (Å²) in [6, 6.07) is 0. The first-order valence-corrected chi connectivity index (χ1v) is 5.27. The zero-order valence-corrected chi connectivity index (χ0v) is 8.93. The molecule has 1 rings (SSSR count). The molecule has 0 saturated heterocycles. The Morgan fingerprint density at radius 2 is 1.92 bits per heavy atom. The summed E-state index contributed by atoms with van der Waals surface area (Å²) in [5.41, 5.74) is -0.303. The van der Waals surface area contributed by atoms with Crippen LogP contribution >= 0.6 is 0 Å². The fourth-order valence-electron chi connectivity index (χ4n) is 1.46. The molecule has 1 fully saturated rings. The Labute approximate surface area is 80.7 Å². The van der Waals surface area contributed by atoms with Gasteiger partial charge in [0.15, 0.2) is 0 Å². The van der Waals surface area contributed by atoms with E-state index in [9.17, 15) is 4.79 Å². The maximum atomic E-state index is 11.6. The van der Waals surface area contributed by atoms with E-state index in [1.54, 1.807) is 0 Å². The maximum Gasteiger partial charge on any atom is 0.311 e. The van der Waals surface area contributed by atoms with Gasteiger partial charge >= 0.3 is 5.97 Å². The minimum absolute atomic E-state index is 0.0260. The van der Waals surface area contributed by atoms with Gasteiger partial charge in [-0.2, -0.15) is 0 Å². The first-order chi connectivity index (χ1) is 6.06. The van der Waals surface area contributed by atoms with E-state index in [1.807, 2.05) is 20.8 Å². The monoisotopic (exact) mass is 184 g/mol. The molecule has 1 aliphatic carbocycles. The molecule has 13 heavy (non-hydrogen) atoms. The highest BCUT2D eigenvalue weighted by Gasteiger charge is 2.30. The van der Waals surface area contributed by atoms with Gasteiger partial charge in [-0.05, 0) is 46.0 Å². The molecule has 76 valence electrons. The predicted octanol–water partition coefficient (Wildman–Crippen LogP) is 2.91. The van der Waals surface area contributed by atoms with Gasteiger partial charge in [-0.25, -0.2) is 0 Å². The van der Waals surface area contributed by atoms with Gasteiger partial charge in [0.05, 0.1) is 5.41 Å². The molecule has 0 aromatic heterocycles. The van der Waals surface area contributed by atoms with Gasteiger partial charge in [-0.1, -0.05) is 6.92 Å². The highest BCUT2D eigenvalue weighted by molar-refractivity contribution is 5.75.